The highest BCUT2D eigenvalue weighted by Gasteiger charge is 2.28. The van der Waals surface area contributed by atoms with Gasteiger partial charge in [-0.2, -0.15) is 5.10 Å². The summed E-state index contributed by atoms with van der Waals surface area (Å²) in [7, 11) is -4.58. The zero-order chi connectivity index (χ0) is 49.5. The molecule has 3 heterocycles. The van der Waals surface area contributed by atoms with Crippen molar-refractivity contribution >= 4 is 61.3 Å². The first-order valence-corrected chi connectivity index (χ1v) is 25.9. The Morgan fingerprint density at radius 1 is 0.886 bits per heavy atom. The summed E-state index contributed by atoms with van der Waals surface area (Å²) >= 11 is 1.64. The molecular weight excluding hydrogens is 927 g/mol. The van der Waals surface area contributed by atoms with E-state index in [1.807, 2.05) is 91.0 Å². The first-order valence-electron chi connectivity index (χ1n) is 23.4. The first kappa shape index (κ1) is 49.6. The molecule has 1 aliphatic rings. The average Bonchev–Trinajstić information content (AvgIpc) is 3.73. The fraction of sp³-hybridized carbons (Fsp3) is 0.302. The molecule has 0 radical (unpaired) electrons. The summed E-state index contributed by atoms with van der Waals surface area (Å²) < 4.78 is 37.4. The molecule has 17 heteroatoms. The van der Waals surface area contributed by atoms with Gasteiger partial charge in [-0.25, -0.2) is 22.4 Å². The highest BCUT2D eigenvalue weighted by molar-refractivity contribution is 7.99. The number of carboxylic acid groups (broad SMARTS) is 1. The molecule has 0 aliphatic carbocycles. The number of pyridine rings is 1. The van der Waals surface area contributed by atoms with Crippen molar-refractivity contribution in [1.29, 1.82) is 0 Å². The predicted octanol–water partition coefficient (Wildman–Crippen LogP) is 9.50. The van der Waals surface area contributed by atoms with Gasteiger partial charge in [0.1, 0.15) is 11.4 Å². The van der Waals surface area contributed by atoms with Gasteiger partial charge in [-0.3, -0.25) is 19.8 Å². The van der Waals surface area contributed by atoms with Crippen molar-refractivity contribution in [1.82, 2.24) is 24.1 Å². The van der Waals surface area contributed by atoms with E-state index in [1.165, 1.54) is 12.1 Å². The summed E-state index contributed by atoms with van der Waals surface area (Å²) in [5.41, 5.74) is 3.37. The van der Waals surface area contributed by atoms with Crippen LogP contribution in [0.4, 0.5) is 11.4 Å². The van der Waals surface area contributed by atoms with Gasteiger partial charge in [-0.05, 0) is 118 Å². The van der Waals surface area contributed by atoms with Crippen molar-refractivity contribution in [3.63, 3.8) is 0 Å². The number of ether oxygens (including phenoxy) is 1. The number of sulfonamides is 1. The van der Waals surface area contributed by atoms with E-state index in [4.69, 9.17) is 4.74 Å². The topological polar surface area (TPSA) is 189 Å². The molecule has 3 N–H and O–H groups in total. The molecule has 1 aliphatic heterocycles. The number of nitro benzene ring substituents is 1. The molecule has 5 aromatic carbocycles. The van der Waals surface area contributed by atoms with Crippen LogP contribution in [0.5, 0.6) is 5.75 Å². The number of rotatable bonds is 20. The molecule has 0 spiro atoms. The maximum atomic E-state index is 13.8. The molecule has 0 bridgehead atoms. The molecule has 15 nitrogen and oxygen atoms in total. The monoisotopic (exact) mass is 983 g/mol. The Morgan fingerprint density at radius 3 is 2.30 bits per heavy atom. The number of amides is 1. The Bertz CT molecular complexity index is 3130. The van der Waals surface area contributed by atoms with Gasteiger partial charge < -0.3 is 20.1 Å². The molecule has 70 heavy (non-hydrogen) atoms. The number of carbonyl (C=O) groups excluding carboxylic acids is 1. The Balaban J connectivity index is 0.971. The number of piperazine rings is 1. The molecule has 0 saturated carbocycles. The van der Waals surface area contributed by atoms with E-state index in [2.05, 4.69) is 38.8 Å². The summed E-state index contributed by atoms with van der Waals surface area (Å²) in [5.74, 6) is -0.720. The van der Waals surface area contributed by atoms with Crippen LogP contribution in [0.1, 0.15) is 64.2 Å². The van der Waals surface area contributed by atoms with E-state index in [9.17, 15) is 33.2 Å². The summed E-state index contributed by atoms with van der Waals surface area (Å²) in [6.07, 6.45) is 1.62. The normalized spacial score (nSPS) is 14.0. The lowest BCUT2D eigenvalue weighted by atomic mass is 9.96. The highest BCUT2D eigenvalue weighted by atomic mass is 32.2. The number of benzene rings is 5. The molecule has 8 rings (SSSR count). The molecule has 1 saturated heterocycles. The zero-order valence-electron chi connectivity index (χ0n) is 39.6. The molecule has 2 aromatic heterocycles. The lowest BCUT2D eigenvalue weighted by Gasteiger charge is -2.37. The molecule has 7 aromatic rings. The van der Waals surface area contributed by atoms with Crippen LogP contribution in [0.15, 0.2) is 131 Å². The van der Waals surface area contributed by atoms with Crippen LogP contribution in [0.2, 0.25) is 0 Å². The number of carbonyl (C=O) groups is 2. The van der Waals surface area contributed by atoms with Gasteiger partial charge in [0, 0.05) is 83.6 Å². The number of carboxylic acids is 1. The summed E-state index contributed by atoms with van der Waals surface area (Å²) in [5, 5.41) is 32.7. The fourth-order valence-electron chi connectivity index (χ4n) is 9.14. The van der Waals surface area contributed by atoms with Crippen LogP contribution < -0.4 is 14.8 Å². The Labute approximate surface area is 412 Å². The standard InChI is InChI=1S/C53H57N7O8S2/c1-35(2)58-28-26-57(27-29-58)25-24-40(34-69-41-15-6-5-7-16-41)54-45-23-22-42(33-48(45)60(64)65)70(66,67)56-52(61)39-31-36(3)50(37(4)32-39)47-20-11-19-46-44(51(53(62)63)55-59(46)47)18-12-30-68-49-21-10-14-38-13-8-9-17-43(38)49/h5-11,13-17,19-23,31-33,35,40,54H,12,18,24-30,34H2,1-4H3,(H,56,61)(H,62,63)/t40-/m1/s1. The summed E-state index contributed by atoms with van der Waals surface area (Å²) in [4.78, 5) is 43.7. The van der Waals surface area contributed by atoms with Crippen molar-refractivity contribution in [2.24, 2.45) is 0 Å². The number of nitrogens with zero attached hydrogens (tertiary/aromatic N) is 5. The van der Waals surface area contributed by atoms with E-state index in [0.29, 0.717) is 71.1 Å². The Hall–Kier alpha value is -6.79. The quantitative estimate of drug-likeness (QED) is 0.0284. The number of aryl methyl sites for hydroxylation is 3. The minimum atomic E-state index is -4.58. The van der Waals surface area contributed by atoms with Gasteiger partial charge in [0.05, 0.1) is 27.6 Å². The molecule has 364 valence electrons. The second kappa shape index (κ2) is 21.9. The first-order chi connectivity index (χ1) is 33.7. The zero-order valence-corrected chi connectivity index (χ0v) is 41.3. The van der Waals surface area contributed by atoms with Crippen LogP contribution in [-0.4, -0.2) is 107 Å². The van der Waals surface area contributed by atoms with Crippen LogP contribution >= 0.6 is 11.8 Å². The van der Waals surface area contributed by atoms with Crippen LogP contribution in [-0.2, 0) is 16.4 Å². The van der Waals surface area contributed by atoms with E-state index in [0.717, 1.165) is 60.2 Å². The third-order valence-electron chi connectivity index (χ3n) is 12.8. The van der Waals surface area contributed by atoms with Crippen molar-refractivity contribution in [3.05, 3.63) is 159 Å². The van der Waals surface area contributed by atoms with Gasteiger partial charge in [-0.1, -0.05) is 60.7 Å². The van der Waals surface area contributed by atoms with Crippen LogP contribution in [0, 0.1) is 24.0 Å². The van der Waals surface area contributed by atoms with Gasteiger partial charge in [0.25, 0.3) is 21.6 Å². The number of hydrogen-bond donors (Lipinski definition) is 3. The van der Waals surface area contributed by atoms with Crippen molar-refractivity contribution in [2.45, 2.75) is 68.8 Å². The number of hydrogen-bond acceptors (Lipinski definition) is 12. The molecule has 1 amide bonds. The minimum absolute atomic E-state index is 0.0465. The molecule has 1 fully saturated rings. The number of fused-ring (bicyclic) bond motifs is 2. The number of aromatic carboxylic acids is 1. The minimum Gasteiger partial charge on any atom is -0.493 e. The smallest absolute Gasteiger partial charge is 0.356 e. The van der Waals surface area contributed by atoms with E-state index in [-0.39, 0.29) is 23.0 Å². The van der Waals surface area contributed by atoms with E-state index < -0.39 is 37.4 Å². The Kier molecular flexibility index (Phi) is 15.5. The van der Waals surface area contributed by atoms with Gasteiger partial charge in [0.15, 0.2) is 5.69 Å². The molecule has 1 atom stereocenters. The summed E-state index contributed by atoms with van der Waals surface area (Å²) in [6.45, 7) is 12.9. The van der Waals surface area contributed by atoms with E-state index >= 15 is 0 Å². The second-order valence-corrected chi connectivity index (χ2v) is 20.6. The van der Waals surface area contributed by atoms with Gasteiger partial charge in [0.2, 0.25) is 0 Å². The highest BCUT2D eigenvalue weighted by Crippen LogP contribution is 2.33. The van der Waals surface area contributed by atoms with Crippen molar-refractivity contribution in [2.75, 3.05) is 50.4 Å². The third-order valence-corrected chi connectivity index (χ3v) is 15.3. The lowest BCUT2D eigenvalue weighted by molar-refractivity contribution is -0.384. The predicted molar refractivity (Wildman–Crippen MR) is 275 cm³/mol. The van der Waals surface area contributed by atoms with Gasteiger partial charge >= 0.3 is 5.97 Å². The number of nitrogens with one attached hydrogen (secondary N) is 2. The number of nitro groups is 1. The van der Waals surface area contributed by atoms with Gasteiger partial charge in [-0.15, -0.1) is 11.8 Å². The average molecular weight is 984 g/mol. The largest absolute Gasteiger partial charge is 0.493 e. The third kappa shape index (κ3) is 11.5. The molecular formula is C53H57N7O8S2. The lowest BCUT2D eigenvalue weighted by Crippen LogP contribution is -2.49. The number of aromatic nitrogens is 2. The number of thioether (sulfide) groups is 1. The number of anilines is 1. The maximum absolute atomic E-state index is 13.8. The van der Waals surface area contributed by atoms with Crippen LogP contribution in [0.25, 0.3) is 27.5 Å². The van der Waals surface area contributed by atoms with Crippen molar-refractivity contribution in [3.8, 4) is 17.0 Å². The van der Waals surface area contributed by atoms with Crippen LogP contribution in [0.3, 0.4) is 0 Å². The van der Waals surface area contributed by atoms with E-state index in [1.54, 1.807) is 42.3 Å². The fourth-order valence-corrected chi connectivity index (χ4v) is 11.1. The second-order valence-electron chi connectivity index (χ2n) is 17.9. The van der Waals surface area contributed by atoms with Crippen molar-refractivity contribution < 1.29 is 32.8 Å². The Morgan fingerprint density at radius 2 is 1.59 bits per heavy atom. The summed E-state index contributed by atoms with van der Waals surface area (Å²) in [6, 6.07) is 36.2. The molecule has 0 unspecified atom stereocenters. The SMILES string of the molecule is Cc1cc(C(=O)NS(=O)(=O)c2ccc(N[C@H](CCN3CCN(C(C)C)CC3)CSc3ccccc3)c([N+](=O)[O-])c2)cc(C)c1-c1cccc2c(CCCOc3cccc4ccccc34)c(C(=O)O)nn12. The maximum Gasteiger partial charge on any atom is 0.356 e.